The molecule has 1 N–H and O–H groups in total. The van der Waals surface area contributed by atoms with Gasteiger partial charge in [-0.2, -0.15) is 0 Å². The molecule has 0 unspecified atom stereocenters. The van der Waals surface area contributed by atoms with Gasteiger partial charge in [0.15, 0.2) is 0 Å². The van der Waals surface area contributed by atoms with Crippen molar-refractivity contribution in [1.29, 1.82) is 0 Å². The molecule has 2 aromatic heterocycles. The summed E-state index contributed by atoms with van der Waals surface area (Å²) in [6.45, 7) is 1.17. The van der Waals surface area contributed by atoms with Crippen molar-refractivity contribution in [3.05, 3.63) is 42.7 Å². The van der Waals surface area contributed by atoms with E-state index in [1.54, 1.807) is 0 Å². The summed E-state index contributed by atoms with van der Waals surface area (Å²) in [7, 11) is 2.08. The zero-order valence-electron chi connectivity index (χ0n) is 14.8. The first-order valence-electron chi connectivity index (χ1n) is 9.48. The van der Waals surface area contributed by atoms with E-state index in [-0.39, 0.29) is 0 Å². The second-order valence-corrected chi connectivity index (χ2v) is 6.80. The van der Waals surface area contributed by atoms with E-state index in [1.165, 1.54) is 82.9 Å². The van der Waals surface area contributed by atoms with Gasteiger partial charge in [0.1, 0.15) is 12.4 Å². The van der Waals surface area contributed by atoms with Crippen molar-refractivity contribution in [2.45, 2.75) is 77.2 Å². The first-order chi connectivity index (χ1) is 11.3. The fraction of sp³-hybridized carbons (Fsp3) is 0.650. The molecule has 0 aromatic carbocycles. The molecule has 0 saturated carbocycles. The summed E-state index contributed by atoms with van der Waals surface area (Å²) in [5.74, 6) is 0. The first kappa shape index (κ1) is 17.8. The number of imidazole rings is 1. The Bertz CT molecular complexity index is 499. The largest absolute Gasteiger partial charge is 0.365 e. The van der Waals surface area contributed by atoms with Gasteiger partial charge in [-0.05, 0) is 37.8 Å². The average molecular weight is 317 g/mol. The van der Waals surface area contributed by atoms with Crippen LogP contribution in [-0.4, -0.2) is 9.55 Å². The van der Waals surface area contributed by atoms with Crippen LogP contribution >= 0.6 is 0 Å². The number of aromatic amines is 1. The number of rotatable bonds is 13. The standard InChI is InChI=1S/C20H34N3/c1-22-17-18-23(19-22)16-11-9-7-5-3-2-4-6-8-10-13-20-14-12-15-21-20/h12,14-15,17-19,21H,2-11,13,16H2,1H3/q+1. The maximum Gasteiger partial charge on any atom is 0.243 e. The monoisotopic (exact) mass is 316 g/mol. The normalized spacial score (nSPS) is 11.2. The Kier molecular flexibility index (Phi) is 8.60. The van der Waals surface area contributed by atoms with Crippen molar-refractivity contribution in [2.75, 3.05) is 0 Å². The van der Waals surface area contributed by atoms with E-state index < -0.39 is 0 Å². The van der Waals surface area contributed by atoms with Crippen LogP contribution in [0.1, 0.15) is 69.9 Å². The van der Waals surface area contributed by atoms with Crippen molar-refractivity contribution in [1.82, 2.24) is 9.55 Å². The van der Waals surface area contributed by atoms with Crippen LogP contribution in [0.25, 0.3) is 0 Å². The molecule has 128 valence electrons. The van der Waals surface area contributed by atoms with Gasteiger partial charge in [0.05, 0.1) is 13.6 Å². The van der Waals surface area contributed by atoms with Crippen molar-refractivity contribution in [3.8, 4) is 0 Å². The number of nitrogens with one attached hydrogen (secondary N) is 1. The second-order valence-electron chi connectivity index (χ2n) is 6.80. The fourth-order valence-corrected chi connectivity index (χ4v) is 3.18. The summed E-state index contributed by atoms with van der Waals surface area (Å²) in [6.07, 6.45) is 23.6. The Hall–Kier alpha value is -1.51. The number of nitrogens with zero attached hydrogens (tertiary/aromatic N) is 2. The molecule has 2 heterocycles. The SMILES string of the molecule is C[n+]1ccn(CCCCCCCCCCCCc2ccc[nH]2)c1. The van der Waals surface area contributed by atoms with Gasteiger partial charge in [-0.25, -0.2) is 9.13 Å². The van der Waals surface area contributed by atoms with E-state index in [1.807, 2.05) is 6.20 Å². The highest BCUT2D eigenvalue weighted by atomic mass is 15.1. The highest BCUT2D eigenvalue weighted by Crippen LogP contribution is 2.12. The zero-order valence-corrected chi connectivity index (χ0v) is 14.8. The molecule has 23 heavy (non-hydrogen) atoms. The van der Waals surface area contributed by atoms with Crippen LogP contribution in [0.2, 0.25) is 0 Å². The molecule has 0 aliphatic carbocycles. The smallest absolute Gasteiger partial charge is 0.243 e. The molecule has 0 bridgehead atoms. The lowest BCUT2D eigenvalue weighted by molar-refractivity contribution is -0.671. The molecule has 3 nitrogen and oxygen atoms in total. The topological polar surface area (TPSA) is 24.6 Å². The van der Waals surface area contributed by atoms with Crippen LogP contribution in [0, 0.1) is 0 Å². The Morgan fingerprint density at radius 3 is 2.13 bits per heavy atom. The Labute approximate surface area is 141 Å². The zero-order chi connectivity index (χ0) is 16.2. The minimum absolute atomic E-state index is 1.17. The van der Waals surface area contributed by atoms with Crippen LogP contribution in [0.15, 0.2) is 37.1 Å². The van der Waals surface area contributed by atoms with Gasteiger partial charge in [0, 0.05) is 11.9 Å². The predicted molar refractivity (Wildman–Crippen MR) is 96.3 cm³/mol. The minimum atomic E-state index is 1.17. The van der Waals surface area contributed by atoms with Crippen molar-refractivity contribution in [3.63, 3.8) is 0 Å². The first-order valence-corrected chi connectivity index (χ1v) is 9.48. The quantitative estimate of drug-likeness (QED) is 0.406. The van der Waals surface area contributed by atoms with Gasteiger partial charge >= 0.3 is 0 Å². The van der Waals surface area contributed by atoms with E-state index in [0.29, 0.717) is 0 Å². The lowest BCUT2D eigenvalue weighted by Crippen LogP contribution is -2.23. The van der Waals surface area contributed by atoms with Crippen molar-refractivity contribution >= 4 is 0 Å². The summed E-state index contributed by atoms with van der Waals surface area (Å²) in [5, 5.41) is 0. The molecule has 2 rings (SSSR count). The molecule has 0 amide bonds. The summed E-state index contributed by atoms with van der Waals surface area (Å²) in [5.41, 5.74) is 1.39. The van der Waals surface area contributed by atoms with Gasteiger partial charge in [-0.3, -0.25) is 0 Å². The Balaban J connectivity index is 1.30. The fourth-order valence-electron chi connectivity index (χ4n) is 3.18. The molecular weight excluding hydrogens is 282 g/mol. The number of hydrogen-bond donors (Lipinski definition) is 1. The molecule has 2 aromatic rings. The van der Waals surface area contributed by atoms with Crippen LogP contribution in [0.3, 0.4) is 0 Å². The van der Waals surface area contributed by atoms with E-state index in [0.717, 1.165) is 0 Å². The number of H-pyrrole nitrogens is 1. The third-order valence-electron chi connectivity index (χ3n) is 4.60. The molecule has 0 spiro atoms. The maximum absolute atomic E-state index is 3.28. The molecule has 0 radical (unpaired) electrons. The number of aryl methyl sites for hydroxylation is 3. The summed E-state index contributed by atoms with van der Waals surface area (Å²) < 4.78 is 4.39. The third-order valence-corrected chi connectivity index (χ3v) is 4.60. The van der Waals surface area contributed by atoms with Gasteiger partial charge in [-0.15, -0.1) is 0 Å². The highest BCUT2D eigenvalue weighted by molar-refractivity contribution is 5.03. The molecule has 0 aliphatic heterocycles. The summed E-state index contributed by atoms with van der Waals surface area (Å²) in [4.78, 5) is 3.28. The average Bonchev–Trinajstić information content (AvgIpc) is 3.20. The van der Waals surface area contributed by atoms with Crippen LogP contribution in [-0.2, 0) is 20.0 Å². The van der Waals surface area contributed by atoms with Gasteiger partial charge in [-0.1, -0.05) is 44.9 Å². The third kappa shape index (κ3) is 8.06. The molecule has 0 saturated heterocycles. The maximum atomic E-state index is 3.28. The second kappa shape index (κ2) is 11.1. The molecule has 0 fully saturated rings. The van der Waals surface area contributed by atoms with Crippen LogP contribution < -0.4 is 4.57 Å². The van der Waals surface area contributed by atoms with E-state index in [9.17, 15) is 0 Å². The summed E-state index contributed by atoms with van der Waals surface area (Å²) >= 11 is 0. The van der Waals surface area contributed by atoms with E-state index >= 15 is 0 Å². The lowest BCUT2D eigenvalue weighted by Gasteiger charge is -2.02. The van der Waals surface area contributed by atoms with Gasteiger partial charge in [0.25, 0.3) is 0 Å². The minimum Gasteiger partial charge on any atom is -0.365 e. The molecule has 0 atom stereocenters. The number of aromatic nitrogens is 3. The Morgan fingerprint density at radius 1 is 0.913 bits per heavy atom. The number of unbranched alkanes of at least 4 members (excludes halogenated alkanes) is 9. The molecule has 3 heteroatoms. The Morgan fingerprint density at radius 2 is 1.57 bits per heavy atom. The van der Waals surface area contributed by atoms with Crippen LogP contribution in [0.5, 0.6) is 0 Å². The molecule has 0 aliphatic rings. The van der Waals surface area contributed by atoms with Crippen LogP contribution in [0.4, 0.5) is 0 Å². The lowest BCUT2D eigenvalue weighted by atomic mass is 10.1. The van der Waals surface area contributed by atoms with E-state index in [2.05, 4.69) is 52.0 Å². The molecular formula is C20H34N3+. The predicted octanol–water partition coefficient (Wildman–Crippen LogP) is 4.78. The number of hydrogen-bond acceptors (Lipinski definition) is 0. The van der Waals surface area contributed by atoms with Crippen molar-refractivity contribution < 1.29 is 4.57 Å². The van der Waals surface area contributed by atoms with Gasteiger partial charge in [0.2, 0.25) is 6.33 Å². The summed E-state index contributed by atoms with van der Waals surface area (Å²) in [6, 6.07) is 4.28. The van der Waals surface area contributed by atoms with Crippen molar-refractivity contribution in [2.24, 2.45) is 7.05 Å². The van der Waals surface area contributed by atoms with Gasteiger partial charge < -0.3 is 4.98 Å². The highest BCUT2D eigenvalue weighted by Gasteiger charge is 1.99. The van der Waals surface area contributed by atoms with E-state index in [4.69, 9.17) is 0 Å².